The van der Waals surface area contributed by atoms with Crippen molar-refractivity contribution in [3.8, 4) is 6.07 Å². The summed E-state index contributed by atoms with van der Waals surface area (Å²) in [5, 5.41) is 11.3. The van der Waals surface area contributed by atoms with E-state index in [1.807, 2.05) is 6.07 Å². The van der Waals surface area contributed by atoms with Gasteiger partial charge in [-0.15, -0.1) is 0 Å². The van der Waals surface area contributed by atoms with Crippen molar-refractivity contribution in [2.24, 2.45) is 5.41 Å². The normalized spacial score (nSPS) is 10.9. The minimum Gasteiger partial charge on any atom is -0.320 e. The topological polar surface area (TPSA) is 52.9 Å². The fourth-order valence-electron chi connectivity index (χ4n) is 1.78. The van der Waals surface area contributed by atoms with Crippen LogP contribution >= 0.6 is 0 Å². The van der Waals surface area contributed by atoms with Crippen molar-refractivity contribution in [3.63, 3.8) is 0 Å². The summed E-state index contributed by atoms with van der Waals surface area (Å²) in [5.74, 6) is -2.34. The van der Waals surface area contributed by atoms with Gasteiger partial charge in [0.15, 0.2) is 5.82 Å². The molecular weight excluding hydrogens is 250 g/mol. The van der Waals surface area contributed by atoms with E-state index in [9.17, 15) is 13.6 Å². The van der Waals surface area contributed by atoms with Crippen molar-refractivity contribution >= 4 is 11.6 Å². The van der Waals surface area contributed by atoms with Gasteiger partial charge in [-0.2, -0.15) is 5.26 Å². The van der Waals surface area contributed by atoms with E-state index in [4.69, 9.17) is 5.26 Å². The highest BCUT2D eigenvalue weighted by Gasteiger charge is 2.36. The van der Waals surface area contributed by atoms with Gasteiger partial charge in [0, 0.05) is 0 Å². The quantitative estimate of drug-likeness (QED) is 0.906. The molecule has 0 saturated heterocycles. The van der Waals surface area contributed by atoms with Gasteiger partial charge in [-0.1, -0.05) is 19.9 Å². The van der Waals surface area contributed by atoms with Gasteiger partial charge in [-0.05, 0) is 31.4 Å². The lowest BCUT2D eigenvalue weighted by Gasteiger charge is -2.22. The molecule has 0 heterocycles. The predicted octanol–water partition coefficient (Wildman–Crippen LogP) is 3.54. The van der Waals surface area contributed by atoms with E-state index in [-0.39, 0.29) is 18.4 Å². The average molecular weight is 266 g/mol. The zero-order valence-electron chi connectivity index (χ0n) is 11.2. The van der Waals surface area contributed by atoms with Crippen molar-refractivity contribution in [2.75, 3.05) is 5.32 Å². The van der Waals surface area contributed by atoms with Crippen LogP contribution in [0.25, 0.3) is 0 Å². The third kappa shape index (κ3) is 2.73. The minimum absolute atomic E-state index is 0.229. The van der Waals surface area contributed by atoms with Crippen molar-refractivity contribution in [1.29, 1.82) is 5.26 Å². The third-order valence-corrected chi connectivity index (χ3v) is 3.38. The summed E-state index contributed by atoms with van der Waals surface area (Å²) in [4.78, 5) is 12.1. The zero-order valence-corrected chi connectivity index (χ0v) is 11.2. The Morgan fingerprint density at radius 3 is 2.42 bits per heavy atom. The number of aryl methyl sites for hydroxylation is 1. The highest BCUT2D eigenvalue weighted by Crippen LogP contribution is 2.29. The Morgan fingerprint density at radius 2 is 1.95 bits per heavy atom. The molecule has 0 aliphatic carbocycles. The molecule has 0 radical (unpaired) electrons. The monoisotopic (exact) mass is 266 g/mol. The molecule has 0 unspecified atom stereocenters. The molecule has 1 rings (SSSR count). The smallest absolute Gasteiger partial charge is 0.244 e. The number of nitriles is 1. The number of anilines is 1. The molecule has 19 heavy (non-hydrogen) atoms. The molecule has 3 nitrogen and oxygen atoms in total. The lowest BCUT2D eigenvalue weighted by molar-refractivity contribution is -0.123. The van der Waals surface area contributed by atoms with Gasteiger partial charge in [0.05, 0.1) is 6.07 Å². The fraction of sp³-hybridized carbons (Fsp3) is 0.429. The van der Waals surface area contributed by atoms with E-state index < -0.39 is 28.6 Å². The Hall–Kier alpha value is -1.96. The van der Waals surface area contributed by atoms with Gasteiger partial charge in [-0.25, -0.2) is 8.78 Å². The SMILES string of the molecule is CCC(C#N)(CC)C(=O)Nc1c(F)ccc(C)c1F. The van der Waals surface area contributed by atoms with Crippen LogP contribution in [0.1, 0.15) is 32.3 Å². The third-order valence-electron chi connectivity index (χ3n) is 3.38. The van der Waals surface area contributed by atoms with E-state index in [1.165, 1.54) is 13.0 Å². The molecule has 0 aliphatic heterocycles. The van der Waals surface area contributed by atoms with Crippen molar-refractivity contribution in [2.45, 2.75) is 33.6 Å². The summed E-state index contributed by atoms with van der Waals surface area (Å²) in [5.41, 5.74) is -1.53. The molecule has 5 heteroatoms. The van der Waals surface area contributed by atoms with Crippen molar-refractivity contribution in [1.82, 2.24) is 0 Å². The molecule has 1 aromatic carbocycles. The van der Waals surface area contributed by atoms with Gasteiger partial charge in [0.1, 0.15) is 16.9 Å². The van der Waals surface area contributed by atoms with Crippen LogP contribution in [0.3, 0.4) is 0 Å². The second-order valence-electron chi connectivity index (χ2n) is 4.41. The van der Waals surface area contributed by atoms with Crippen LogP contribution in [0.4, 0.5) is 14.5 Å². The first-order valence-corrected chi connectivity index (χ1v) is 6.09. The second kappa shape index (κ2) is 5.79. The summed E-state index contributed by atoms with van der Waals surface area (Å²) in [7, 11) is 0. The number of rotatable bonds is 4. The van der Waals surface area contributed by atoms with Gasteiger partial charge in [0.2, 0.25) is 5.91 Å². The fourth-order valence-corrected chi connectivity index (χ4v) is 1.78. The first-order valence-electron chi connectivity index (χ1n) is 6.09. The predicted molar refractivity (Wildman–Crippen MR) is 68.4 cm³/mol. The van der Waals surface area contributed by atoms with Gasteiger partial charge in [0.25, 0.3) is 0 Å². The number of carbonyl (C=O) groups excluding carboxylic acids is 1. The maximum absolute atomic E-state index is 13.8. The Labute approximate surface area is 111 Å². The molecule has 0 aliphatic rings. The van der Waals surface area contributed by atoms with Crippen LogP contribution in [0.15, 0.2) is 12.1 Å². The van der Waals surface area contributed by atoms with Crippen LogP contribution in [-0.4, -0.2) is 5.91 Å². The Kier molecular flexibility index (Phi) is 4.60. The minimum atomic E-state index is -1.26. The number of carbonyl (C=O) groups is 1. The largest absolute Gasteiger partial charge is 0.320 e. The van der Waals surface area contributed by atoms with Crippen LogP contribution < -0.4 is 5.32 Å². The van der Waals surface area contributed by atoms with E-state index in [0.717, 1.165) is 6.07 Å². The molecule has 0 atom stereocenters. The Balaban J connectivity index is 3.14. The summed E-state index contributed by atoms with van der Waals surface area (Å²) < 4.78 is 27.3. The number of nitrogens with zero attached hydrogens (tertiary/aromatic N) is 1. The van der Waals surface area contributed by atoms with Crippen LogP contribution in [0.5, 0.6) is 0 Å². The van der Waals surface area contributed by atoms with Crippen LogP contribution in [0, 0.1) is 35.3 Å². The standard InChI is InChI=1S/C14H16F2N2O/c1-4-14(5-2,8-17)13(19)18-12-10(15)7-6-9(3)11(12)16/h6-7H,4-5H2,1-3H3,(H,18,19). The van der Waals surface area contributed by atoms with Gasteiger partial charge in [-0.3, -0.25) is 4.79 Å². The molecule has 1 amide bonds. The molecule has 0 bridgehead atoms. The number of hydrogen-bond donors (Lipinski definition) is 1. The molecule has 0 aromatic heterocycles. The molecular formula is C14H16F2N2O. The maximum Gasteiger partial charge on any atom is 0.244 e. The molecule has 102 valence electrons. The number of hydrogen-bond acceptors (Lipinski definition) is 2. The first-order chi connectivity index (χ1) is 8.91. The summed E-state index contributed by atoms with van der Waals surface area (Å²) >= 11 is 0. The lowest BCUT2D eigenvalue weighted by Crippen LogP contribution is -2.34. The second-order valence-corrected chi connectivity index (χ2v) is 4.41. The van der Waals surface area contributed by atoms with E-state index in [1.54, 1.807) is 13.8 Å². The molecule has 1 N–H and O–H groups in total. The van der Waals surface area contributed by atoms with Crippen LogP contribution in [-0.2, 0) is 4.79 Å². The number of halogens is 2. The lowest BCUT2D eigenvalue weighted by atomic mass is 9.83. The Morgan fingerprint density at radius 1 is 1.37 bits per heavy atom. The highest BCUT2D eigenvalue weighted by molar-refractivity contribution is 5.97. The summed E-state index contributed by atoms with van der Waals surface area (Å²) in [6, 6.07) is 4.30. The highest BCUT2D eigenvalue weighted by atomic mass is 19.1. The zero-order chi connectivity index (χ0) is 14.6. The average Bonchev–Trinajstić information content (AvgIpc) is 2.42. The van der Waals surface area contributed by atoms with E-state index in [0.29, 0.717) is 0 Å². The maximum atomic E-state index is 13.8. The van der Waals surface area contributed by atoms with Crippen molar-refractivity contribution in [3.05, 3.63) is 29.3 Å². The molecule has 1 aromatic rings. The Bertz CT molecular complexity index is 531. The van der Waals surface area contributed by atoms with E-state index >= 15 is 0 Å². The molecule has 0 spiro atoms. The molecule has 0 fully saturated rings. The summed E-state index contributed by atoms with van der Waals surface area (Å²) in [6.07, 6.45) is 0.557. The van der Waals surface area contributed by atoms with Crippen LogP contribution in [0.2, 0.25) is 0 Å². The van der Waals surface area contributed by atoms with Crippen molar-refractivity contribution < 1.29 is 13.6 Å². The van der Waals surface area contributed by atoms with Gasteiger partial charge >= 0.3 is 0 Å². The first kappa shape index (κ1) is 15.1. The summed E-state index contributed by atoms with van der Waals surface area (Å²) in [6.45, 7) is 4.85. The number of amides is 1. The van der Waals surface area contributed by atoms with Gasteiger partial charge < -0.3 is 5.32 Å². The van der Waals surface area contributed by atoms with E-state index in [2.05, 4.69) is 5.32 Å². The number of nitrogens with one attached hydrogen (secondary N) is 1. The molecule has 0 saturated carbocycles. The number of benzene rings is 1.